The second-order valence-corrected chi connectivity index (χ2v) is 5.38. The quantitative estimate of drug-likeness (QED) is 0.700. The molecule has 0 atom stereocenters. The third kappa shape index (κ3) is 2.95. The van der Waals surface area contributed by atoms with Crippen LogP contribution in [0.5, 0.6) is 0 Å². The number of amides is 1. The molecule has 0 radical (unpaired) electrons. The highest BCUT2D eigenvalue weighted by Crippen LogP contribution is 2.19. The third-order valence-electron chi connectivity index (χ3n) is 2.96. The van der Waals surface area contributed by atoms with Gasteiger partial charge >= 0.3 is 0 Å². The lowest BCUT2D eigenvalue weighted by Gasteiger charge is -2.04. The lowest BCUT2D eigenvalue weighted by Crippen LogP contribution is -2.07. The van der Waals surface area contributed by atoms with Crippen LogP contribution in [0, 0.1) is 0 Å². The molecule has 1 heterocycles. The Hall–Kier alpha value is -2.39. The fraction of sp³-hybridized carbons (Fsp3) is 0. The normalized spacial score (nSPS) is 11.0. The molecule has 0 aliphatic rings. The van der Waals surface area contributed by atoms with Crippen LogP contribution in [-0.4, -0.2) is 5.91 Å². The first-order valence-corrected chi connectivity index (χ1v) is 7.21. The van der Waals surface area contributed by atoms with Gasteiger partial charge in [0.2, 0.25) is 5.91 Å². The summed E-state index contributed by atoms with van der Waals surface area (Å²) in [6.45, 7) is 0. The molecule has 1 amide bonds. The Kier molecular flexibility index (Phi) is 3.61. The van der Waals surface area contributed by atoms with Crippen LogP contribution in [0.25, 0.3) is 16.8 Å². The van der Waals surface area contributed by atoms with E-state index >= 15 is 0 Å². The molecule has 0 spiro atoms. The van der Waals surface area contributed by atoms with E-state index in [0.717, 1.165) is 16.0 Å². The van der Waals surface area contributed by atoms with Crippen LogP contribution < -0.4 is 5.32 Å². The van der Waals surface area contributed by atoms with Crippen molar-refractivity contribution in [3.63, 3.8) is 0 Å². The standard InChI is InChI=1S/C17H13NOS/c19-17(10-9-16-6-3-11-20-16)18-15-8-7-13-4-1-2-5-14(13)12-15/h1-12H,(H,18,19). The molecule has 0 saturated carbocycles. The SMILES string of the molecule is O=C(C=Cc1cccs1)Nc1ccc2ccccc2c1. The van der Waals surface area contributed by atoms with E-state index in [1.165, 1.54) is 5.39 Å². The molecule has 0 fully saturated rings. The van der Waals surface area contributed by atoms with Crippen LogP contribution in [0.3, 0.4) is 0 Å². The van der Waals surface area contributed by atoms with E-state index < -0.39 is 0 Å². The monoisotopic (exact) mass is 279 g/mol. The molecule has 0 aliphatic carbocycles. The lowest BCUT2D eigenvalue weighted by molar-refractivity contribution is -0.111. The molecule has 0 bridgehead atoms. The fourth-order valence-corrected chi connectivity index (χ4v) is 2.61. The average molecular weight is 279 g/mol. The molecule has 1 N–H and O–H groups in total. The topological polar surface area (TPSA) is 29.1 Å². The highest BCUT2D eigenvalue weighted by atomic mass is 32.1. The van der Waals surface area contributed by atoms with Crippen molar-refractivity contribution in [1.29, 1.82) is 0 Å². The number of rotatable bonds is 3. The summed E-state index contributed by atoms with van der Waals surface area (Å²) in [6, 6.07) is 17.9. The van der Waals surface area contributed by atoms with E-state index in [1.54, 1.807) is 17.4 Å². The van der Waals surface area contributed by atoms with Crippen molar-refractivity contribution in [2.24, 2.45) is 0 Å². The van der Waals surface area contributed by atoms with Gasteiger partial charge in [-0.25, -0.2) is 0 Å². The maximum absolute atomic E-state index is 11.9. The molecule has 3 aromatic rings. The van der Waals surface area contributed by atoms with E-state index in [1.807, 2.05) is 60.0 Å². The molecular formula is C17H13NOS. The van der Waals surface area contributed by atoms with Crippen molar-refractivity contribution in [2.45, 2.75) is 0 Å². The zero-order valence-electron chi connectivity index (χ0n) is 10.7. The second kappa shape index (κ2) is 5.72. The molecule has 20 heavy (non-hydrogen) atoms. The molecule has 3 rings (SSSR count). The summed E-state index contributed by atoms with van der Waals surface area (Å²) in [6.07, 6.45) is 3.38. The van der Waals surface area contributed by atoms with E-state index in [4.69, 9.17) is 0 Å². The predicted molar refractivity (Wildman–Crippen MR) is 85.9 cm³/mol. The van der Waals surface area contributed by atoms with Crippen LogP contribution in [0.4, 0.5) is 5.69 Å². The van der Waals surface area contributed by atoms with Gasteiger partial charge in [-0.05, 0) is 40.4 Å². The van der Waals surface area contributed by atoms with Gasteiger partial charge in [0.15, 0.2) is 0 Å². The number of thiophene rings is 1. The van der Waals surface area contributed by atoms with Gasteiger partial charge in [0.1, 0.15) is 0 Å². The minimum absolute atomic E-state index is 0.117. The number of carbonyl (C=O) groups is 1. The summed E-state index contributed by atoms with van der Waals surface area (Å²) < 4.78 is 0. The van der Waals surface area contributed by atoms with E-state index in [0.29, 0.717) is 0 Å². The Morgan fingerprint density at radius 3 is 2.65 bits per heavy atom. The number of benzene rings is 2. The number of hydrogen-bond donors (Lipinski definition) is 1. The zero-order chi connectivity index (χ0) is 13.8. The van der Waals surface area contributed by atoms with E-state index in [9.17, 15) is 4.79 Å². The van der Waals surface area contributed by atoms with Crippen molar-refractivity contribution in [2.75, 3.05) is 5.32 Å². The summed E-state index contributed by atoms with van der Waals surface area (Å²) in [5.74, 6) is -0.117. The smallest absolute Gasteiger partial charge is 0.248 e. The maximum atomic E-state index is 11.9. The van der Waals surface area contributed by atoms with Gasteiger partial charge in [0, 0.05) is 16.6 Å². The van der Waals surface area contributed by atoms with Crippen molar-refractivity contribution >= 4 is 39.8 Å². The second-order valence-electron chi connectivity index (χ2n) is 4.40. The Bertz CT molecular complexity index is 760. The summed E-state index contributed by atoms with van der Waals surface area (Å²) in [7, 11) is 0. The molecule has 2 nitrogen and oxygen atoms in total. The van der Waals surface area contributed by atoms with Gasteiger partial charge in [-0.1, -0.05) is 36.4 Å². The van der Waals surface area contributed by atoms with Gasteiger partial charge in [-0.15, -0.1) is 11.3 Å². The number of nitrogens with one attached hydrogen (secondary N) is 1. The first kappa shape index (κ1) is 12.6. The molecule has 2 aromatic carbocycles. The Labute approximate surface area is 121 Å². The largest absolute Gasteiger partial charge is 0.322 e. The number of anilines is 1. The van der Waals surface area contributed by atoms with Crippen molar-refractivity contribution in [1.82, 2.24) is 0 Å². The minimum atomic E-state index is -0.117. The van der Waals surface area contributed by atoms with Gasteiger partial charge < -0.3 is 5.32 Å². The number of carbonyl (C=O) groups excluding carboxylic acids is 1. The van der Waals surface area contributed by atoms with Gasteiger partial charge in [-0.3, -0.25) is 4.79 Å². The summed E-state index contributed by atoms with van der Waals surface area (Å²) >= 11 is 1.61. The molecule has 98 valence electrons. The van der Waals surface area contributed by atoms with Crippen LogP contribution in [0.15, 0.2) is 66.1 Å². The highest BCUT2D eigenvalue weighted by Gasteiger charge is 1.99. The highest BCUT2D eigenvalue weighted by molar-refractivity contribution is 7.10. The number of fused-ring (bicyclic) bond motifs is 1. The van der Waals surface area contributed by atoms with Crippen molar-refractivity contribution in [3.05, 3.63) is 70.9 Å². The predicted octanol–water partition coefficient (Wildman–Crippen LogP) is 4.55. The summed E-state index contributed by atoms with van der Waals surface area (Å²) in [5, 5.41) is 7.15. The Morgan fingerprint density at radius 2 is 1.85 bits per heavy atom. The van der Waals surface area contributed by atoms with Crippen molar-refractivity contribution < 1.29 is 4.79 Å². The first-order chi connectivity index (χ1) is 9.81. The average Bonchev–Trinajstić information content (AvgIpc) is 2.98. The molecule has 0 unspecified atom stereocenters. The Morgan fingerprint density at radius 1 is 1.00 bits per heavy atom. The fourth-order valence-electron chi connectivity index (χ4n) is 1.99. The van der Waals surface area contributed by atoms with Crippen LogP contribution in [0.2, 0.25) is 0 Å². The summed E-state index contributed by atoms with van der Waals surface area (Å²) in [5.41, 5.74) is 0.810. The molecule has 0 saturated heterocycles. The first-order valence-electron chi connectivity index (χ1n) is 6.33. The van der Waals surface area contributed by atoms with E-state index in [-0.39, 0.29) is 5.91 Å². The van der Waals surface area contributed by atoms with Gasteiger partial charge in [0.25, 0.3) is 0 Å². The molecule has 1 aromatic heterocycles. The molecule has 3 heteroatoms. The van der Waals surface area contributed by atoms with Gasteiger partial charge in [0.05, 0.1) is 0 Å². The lowest BCUT2D eigenvalue weighted by atomic mass is 10.1. The van der Waals surface area contributed by atoms with Crippen LogP contribution >= 0.6 is 11.3 Å². The number of hydrogen-bond acceptors (Lipinski definition) is 2. The van der Waals surface area contributed by atoms with Gasteiger partial charge in [-0.2, -0.15) is 0 Å². The third-order valence-corrected chi connectivity index (χ3v) is 3.80. The minimum Gasteiger partial charge on any atom is -0.322 e. The molecule has 0 aliphatic heterocycles. The van der Waals surface area contributed by atoms with Crippen LogP contribution in [0.1, 0.15) is 4.88 Å². The maximum Gasteiger partial charge on any atom is 0.248 e. The Balaban J connectivity index is 1.74. The zero-order valence-corrected chi connectivity index (χ0v) is 11.6. The molecular weight excluding hydrogens is 266 g/mol. The summed E-state index contributed by atoms with van der Waals surface area (Å²) in [4.78, 5) is 12.9. The van der Waals surface area contributed by atoms with Crippen LogP contribution in [-0.2, 0) is 4.79 Å². The van der Waals surface area contributed by atoms with E-state index in [2.05, 4.69) is 11.4 Å². The van der Waals surface area contributed by atoms with Crippen molar-refractivity contribution in [3.8, 4) is 0 Å².